The van der Waals surface area contributed by atoms with Gasteiger partial charge in [0, 0.05) is 24.0 Å². The van der Waals surface area contributed by atoms with Crippen molar-refractivity contribution in [3.8, 4) is 5.75 Å². The summed E-state index contributed by atoms with van der Waals surface area (Å²) < 4.78 is 73.0. The smallest absolute Gasteiger partial charge is 0.416 e. The third-order valence-corrected chi connectivity index (χ3v) is 4.10. The molecule has 2 aromatic rings. The van der Waals surface area contributed by atoms with Gasteiger partial charge in [-0.25, -0.2) is 5.43 Å². The Morgan fingerprint density at radius 1 is 0.903 bits per heavy atom. The number of nitrogens with zero attached hydrogens (tertiary/aromatic N) is 2. The van der Waals surface area contributed by atoms with Gasteiger partial charge in [-0.05, 0) is 41.8 Å². The van der Waals surface area contributed by atoms with E-state index in [1.807, 2.05) is 0 Å². The number of nitro benzene ring substituents is 1. The molecule has 0 spiro atoms. The number of hydrogen-bond donors (Lipinski definition) is 3. The van der Waals surface area contributed by atoms with Gasteiger partial charge in [0.15, 0.2) is 0 Å². The number of hydrogen-bond acceptors (Lipinski definition) is 11. The molecular formula is C15H17N3O11S2. The van der Waals surface area contributed by atoms with E-state index in [9.17, 15) is 26.9 Å². The van der Waals surface area contributed by atoms with Crippen LogP contribution in [0.4, 0.5) is 5.69 Å². The standard InChI is InChI=1S/C15H17N3O11S2/c19-17(20)14-5-1-13(2-6-14)11-27-15-7-3-12(4-8-15)9-10-16-18(28-30(21,22)23)29-31(24,25)26/h1-8,16H,9-11H2,(H,21,22,23)(H,24,25,26). The van der Waals surface area contributed by atoms with E-state index in [0.717, 1.165) is 5.56 Å². The fourth-order valence-corrected chi connectivity index (χ4v) is 2.71. The van der Waals surface area contributed by atoms with Gasteiger partial charge in [-0.15, -0.1) is 8.57 Å². The molecule has 0 aromatic heterocycles. The molecule has 2 aromatic carbocycles. The van der Waals surface area contributed by atoms with Crippen molar-refractivity contribution in [1.29, 1.82) is 0 Å². The molecule has 0 radical (unpaired) electrons. The molecule has 0 saturated heterocycles. The van der Waals surface area contributed by atoms with E-state index in [0.29, 0.717) is 11.3 Å². The van der Waals surface area contributed by atoms with Crippen molar-refractivity contribution in [2.45, 2.75) is 13.0 Å². The maximum absolute atomic E-state index is 10.7. The summed E-state index contributed by atoms with van der Waals surface area (Å²) in [7, 11) is -10.2. The van der Waals surface area contributed by atoms with Gasteiger partial charge in [0.05, 0.1) is 4.92 Å². The first-order chi connectivity index (χ1) is 14.4. The van der Waals surface area contributed by atoms with Crippen LogP contribution in [0.1, 0.15) is 11.1 Å². The van der Waals surface area contributed by atoms with Crippen molar-refractivity contribution in [3.63, 3.8) is 0 Å². The summed E-state index contributed by atoms with van der Waals surface area (Å²) in [5.41, 5.74) is 3.51. The quantitative estimate of drug-likeness (QED) is 0.222. The number of hydrazine groups is 1. The molecule has 0 atom stereocenters. The summed E-state index contributed by atoms with van der Waals surface area (Å²) in [6, 6.07) is 12.5. The lowest BCUT2D eigenvalue weighted by atomic mass is 10.1. The molecule has 0 heterocycles. The third kappa shape index (κ3) is 9.77. The predicted octanol–water partition coefficient (Wildman–Crippen LogP) is 0.992. The summed E-state index contributed by atoms with van der Waals surface area (Å²) in [6.07, 6.45) is 0.225. The minimum absolute atomic E-state index is 0.0238. The van der Waals surface area contributed by atoms with Crippen molar-refractivity contribution in [2.75, 3.05) is 6.54 Å². The fourth-order valence-electron chi connectivity index (χ4n) is 2.16. The second kappa shape index (κ2) is 10.6. The number of ether oxygens (including phenoxy) is 1. The second-order valence-electron chi connectivity index (χ2n) is 5.78. The van der Waals surface area contributed by atoms with E-state index in [1.165, 1.54) is 12.1 Å². The van der Waals surface area contributed by atoms with Crippen molar-refractivity contribution in [3.05, 3.63) is 69.8 Å². The molecule has 0 saturated carbocycles. The molecule has 2 rings (SSSR count). The molecule has 0 aliphatic rings. The maximum Gasteiger partial charge on any atom is 0.416 e. The van der Waals surface area contributed by atoms with Gasteiger partial charge in [-0.1, -0.05) is 12.1 Å². The van der Waals surface area contributed by atoms with Gasteiger partial charge in [0.25, 0.3) is 5.69 Å². The number of nitrogens with one attached hydrogen (secondary N) is 1. The van der Waals surface area contributed by atoms with Gasteiger partial charge in [0.1, 0.15) is 12.4 Å². The highest BCUT2D eigenvalue weighted by molar-refractivity contribution is 7.81. The van der Waals surface area contributed by atoms with E-state index < -0.39 is 25.7 Å². The molecule has 31 heavy (non-hydrogen) atoms. The monoisotopic (exact) mass is 479 g/mol. The first kappa shape index (κ1) is 24.6. The Bertz CT molecular complexity index is 1050. The Morgan fingerprint density at radius 2 is 1.42 bits per heavy atom. The molecule has 0 aliphatic heterocycles. The number of benzene rings is 2. The molecule has 0 amide bonds. The van der Waals surface area contributed by atoms with Crippen LogP contribution in [0.3, 0.4) is 0 Å². The van der Waals surface area contributed by atoms with Crippen LogP contribution in [0, 0.1) is 10.1 Å². The van der Waals surface area contributed by atoms with Crippen molar-refractivity contribution < 1.29 is 44.2 Å². The molecule has 0 aliphatic carbocycles. The van der Waals surface area contributed by atoms with Crippen LogP contribution >= 0.6 is 0 Å². The second-order valence-corrected chi connectivity index (χ2v) is 7.79. The average molecular weight is 479 g/mol. The van der Waals surface area contributed by atoms with Crippen LogP contribution in [-0.2, 0) is 42.4 Å². The molecule has 170 valence electrons. The SMILES string of the molecule is O=[N+]([O-])c1ccc(COc2ccc(CCNN(OS(=O)(=O)O)OS(=O)(=O)O)cc2)cc1. The lowest BCUT2D eigenvalue weighted by molar-refractivity contribution is -0.384. The zero-order valence-electron chi connectivity index (χ0n) is 15.5. The Labute approximate surface area is 176 Å². The minimum atomic E-state index is -5.12. The third-order valence-electron chi connectivity index (χ3n) is 3.45. The summed E-state index contributed by atoms with van der Waals surface area (Å²) >= 11 is 0. The number of nitro groups is 1. The van der Waals surface area contributed by atoms with Gasteiger partial charge in [-0.2, -0.15) is 16.8 Å². The highest BCUT2D eigenvalue weighted by Gasteiger charge is 2.21. The molecule has 14 nitrogen and oxygen atoms in total. The first-order valence-corrected chi connectivity index (χ1v) is 11.0. The van der Waals surface area contributed by atoms with E-state index in [4.69, 9.17) is 13.8 Å². The minimum Gasteiger partial charge on any atom is -0.489 e. The highest BCUT2D eigenvalue weighted by atomic mass is 32.3. The fraction of sp³-hybridized carbons (Fsp3) is 0.200. The van der Waals surface area contributed by atoms with Crippen molar-refractivity contribution >= 4 is 26.5 Å². The lowest BCUT2D eigenvalue weighted by Crippen LogP contribution is -2.42. The average Bonchev–Trinajstić information content (AvgIpc) is 2.65. The van der Waals surface area contributed by atoms with Crippen LogP contribution in [-0.4, -0.2) is 42.7 Å². The van der Waals surface area contributed by atoms with Gasteiger partial charge >= 0.3 is 20.8 Å². The highest BCUT2D eigenvalue weighted by Crippen LogP contribution is 2.16. The summed E-state index contributed by atoms with van der Waals surface area (Å²) in [6.45, 7) is 0.0713. The maximum atomic E-state index is 10.7. The van der Waals surface area contributed by atoms with Crippen LogP contribution < -0.4 is 10.2 Å². The predicted molar refractivity (Wildman–Crippen MR) is 103 cm³/mol. The zero-order chi connectivity index (χ0) is 23.1. The molecule has 0 bridgehead atoms. The first-order valence-electron chi connectivity index (χ1n) is 8.24. The Hall–Kier alpha value is -2.70. The molecule has 16 heteroatoms. The molecule has 0 unspecified atom stereocenters. The van der Waals surface area contributed by atoms with Gasteiger partial charge in [-0.3, -0.25) is 19.2 Å². The number of non-ortho nitro benzene ring substituents is 1. The van der Waals surface area contributed by atoms with Crippen LogP contribution in [0.5, 0.6) is 5.75 Å². The van der Waals surface area contributed by atoms with Crippen molar-refractivity contribution in [1.82, 2.24) is 10.8 Å². The van der Waals surface area contributed by atoms with Crippen LogP contribution in [0.2, 0.25) is 0 Å². The van der Waals surface area contributed by atoms with E-state index in [1.54, 1.807) is 36.4 Å². The van der Waals surface area contributed by atoms with E-state index >= 15 is 0 Å². The van der Waals surface area contributed by atoms with Crippen molar-refractivity contribution in [2.24, 2.45) is 0 Å². The van der Waals surface area contributed by atoms with E-state index in [-0.39, 0.29) is 30.6 Å². The lowest BCUT2D eigenvalue weighted by Gasteiger charge is -2.16. The van der Waals surface area contributed by atoms with Gasteiger partial charge in [0.2, 0.25) is 0 Å². The van der Waals surface area contributed by atoms with Gasteiger partial charge < -0.3 is 4.74 Å². The topological polar surface area (TPSA) is 195 Å². The summed E-state index contributed by atoms with van der Waals surface area (Å²) in [4.78, 5) is 10.1. The van der Waals surface area contributed by atoms with Crippen LogP contribution in [0.15, 0.2) is 48.5 Å². The molecular weight excluding hydrogens is 462 g/mol. The number of rotatable bonds is 12. The summed E-state index contributed by atoms with van der Waals surface area (Å²) in [5.74, 6) is 0.515. The Balaban J connectivity index is 1.84. The summed E-state index contributed by atoms with van der Waals surface area (Å²) in [5, 5.41) is 10.3. The molecule has 3 N–H and O–H groups in total. The largest absolute Gasteiger partial charge is 0.489 e. The Kier molecular flexibility index (Phi) is 8.36. The molecule has 0 fully saturated rings. The Morgan fingerprint density at radius 3 is 1.90 bits per heavy atom. The van der Waals surface area contributed by atoms with E-state index in [2.05, 4.69) is 14.0 Å². The normalized spacial score (nSPS) is 12.1. The zero-order valence-corrected chi connectivity index (χ0v) is 17.2. The van der Waals surface area contributed by atoms with Crippen LogP contribution in [0.25, 0.3) is 0 Å².